The van der Waals surface area contributed by atoms with Gasteiger partial charge in [0.25, 0.3) is 0 Å². The van der Waals surface area contributed by atoms with E-state index in [1.807, 2.05) is 6.92 Å². The molecule has 1 rings (SSSR count). The summed E-state index contributed by atoms with van der Waals surface area (Å²) in [7, 11) is 0. The van der Waals surface area contributed by atoms with E-state index in [1.165, 1.54) is 38.0 Å². The van der Waals surface area contributed by atoms with Crippen LogP contribution in [0.15, 0.2) is 24.6 Å². The van der Waals surface area contributed by atoms with Crippen molar-refractivity contribution in [2.75, 3.05) is 19.6 Å². The molecule has 0 atom stereocenters. The molecule has 1 aliphatic heterocycles. The van der Waals surface area contributed by atoms with Crippen LogP contribution in [0.4, 0.5) is 0 Å². The number of piperidine rings is 1. The van der Waals surface area contributed by atoms with E-state index in [9.17, 15) is 0 Å². The van der Waals surface area contributed by atoms with Gasteiger partial charge in [0, 0.05) is 31.0 Å². The average Bonchev–Trinajstić information content (AvgIpc) is 2.28. The normalized spacial score (nSPS) is 18.9. The van der Waals surface area contributed by atoms with Crippen LogP contribution >= 0.6 is 0 Å². The van der Waals surface area contributed by atoms with Gasteiger partial charge in [0.05, 0.1) is 0 Å². The number of rotatable bonds is 6. The fourth-order valence-corrected chi connectivity index (χ4v) is 2.41. The molecule has 0 aromatic heterocycles. The van der Waals surface area contributed by atoms with Crippen molar-refractivity contribution in [3.05, 3.63) is 24.6 Å². The van der Waals surface area contributed by atoms with Crippen LogP contribution in [0.25, 0.3) is 0 Å². The molecule has 0 radical (unpaired) electrons. The van der Waals surface area contributed by atoms with Gasteiger partial charge in [0.1, 0.15) is 0 Å². The third kappa shape index (κ3) is 4.45. The highest BCUT2D eigenvalue weighted by molar-refractivity contribution is 4.97. The maximum atomic E-state index is 4.13. The number of nitrogens with one attached hydrogen (secondary N) is 1. The molecular formula is C15H28N2. The first-order valence-electron chi connectivity index (χ1n) is 6.79. The van der Waals surface area contributed by atoms with Gasteiger partial charge in [-0.15, -0.1) is 0 Å². The summed E-state index contributed by atoms with van der Waals surface area (Å²) in [4.78, 5) is 2.45. The molecule has 1 saturated heterocycles. The smallest absolute Gasteiger partial charge is 0.0180 e. The van der Waals surface area contributed by atoms with Gasteiger partial charge in [-0.1, -0.05) is 27.0 Å². The summed E-state index contributed by atoms with van der Waals surface area (Å²) in [5.41, 5.74) is 2.87. The Morgan fingerprint density at radius 2 is 1.88 bits per heavy atom. The average molecular weight is 236 g/mol. The van der Waals surface area contributed by atoms with Gasteiger partial charge in [-0.25, -0.2) is 0 Å². The molecule has 1 aliphatic rings. The third-order valence-electron chi connectivity index (χ3n) is 3.98. The molecule has 2 nitrogen and oxygen atoms in total. The summed E-state index contributed by atoms with van der Waals surface area (Å²) in [6.07, 6.45) is 4.88. The van der Waals surface area contributed by atoms with E-state index in [0.717, 1.165) is 18.7 Å². The van der Waals surface area contributed by atoms with Gasteiger partial charge >= 0.3 is 0 Å². The predicted molar refractivity (Wildman–Crippen MR) is 75.8 cm³/mol. The Balaban J connectivity index is 2.33. The number of hydrogen-bond acceptors (Lipinski definition) is 2. The molecule has 0 amide bonds. The Morgan fingerprint density at radius 1 is 1.29 bits per heavy atom. The van der Waals surface area contributed by atoms with Gasteiger partial charge in [-0.2, -0.15) is 0 Å². The van der Waals surface area contributed by atoms with E-state index in [2.05, 4.69) is 37.2 Å². The van der Waals surface area contributed by atoms with E-state index in [4.69, 9.17) is 0 Å². The Kier molecular flexibility index (Phi) is 5.10. The molecule has 0 spiro atoms. The first kappa shape index (κ1) is 14.1. The van der Waals surface area contributed by atoms with Gasteiger partial charge in [0.2, 0.25) is 0 Å². The standard InChI is InChI=1S/C15H28N2/c1-6-14(4)17-11-8-15(5,9-12-17)7-10-16-13(2)3/h16H,2,4,6-12H2,1,3,5H3. The summed E-state index contributed by atoms with van der Waals surface area (Å²) in [6.45, 7) is 18.0. The van der Waals surface area contributed by atoms with Gasteiger partial charge in [-0.3, -0.25) is 0 Å². The third-order valence-corrected chi connectivity index (χ3v) is 3.98. The summed E-state index contributed by atoms with van der Waals surface area (Å²) in [5.74, 6) is 0. The second kappa shape index (κ2) is 6.13. The number of allylic oxidation sites excluding steroid dienone is 2. The van der Waals surface area contributed by atoms with E-state index in [0.29, 0.717) is 5.41 Å². The Morgan fingerprint density at radius 3 is 2.35 bits per heavy atom. The molecule has 0 saturated carbocycles. The Hall–Kier alpha value is -0.920. The SMILES string of the molecule is C=C(C)NCCC1(C)CCN(C(=C)CC)CC1. The van der Waals surface area contributed by atoms with Crippen LogP contribution in [-0.2, 0) is 0 Å². The van der Waals surface area contributed by atoms with Crippen molar-refractivity contribution in [2.45, 2.75) is 46.5 Å². The van der Waals surface area contributed by atoms with E-state index < -0.39 is 0 Å². The first-order chi connectivity index (χ1) is 7.97. The minimum atomic E-state index is 0.493. The zero-order valence-corrected chi connectivity index (χ0v) is 11.8. The van der Waals surface area contributed by atoms with E-state index >= 15 is 0 Å². The van der Waals surface area contributed by atoms with Crippen LogP contribution in [0.1, 0.15) is 46.5 Å². The molecule has 0 aromatic rings. The van der Waals surface area contributed by atoms with Crippen molar-refractivity contribution >= 4 is 0 Å². The molecule has 2 heteroatoms. The predicted octanol–water partition coefficient (Wildman–Crippen LogP) is 3.53. The minimum Gasteiger partial charge on any atom is -0.389 e. The van der Waals surface area contributed by atoms with Crippen LogP contribution in [0, 0.1) is 5.41 Å². The van der Waals surface area contributed by atoms with Gasteiger partial charge in [0.15, 0.2) is 0 Å². The molecule has 0 aromatic carbocycles. The highest BCUT2D eigenvalue weighted by Crippen LogP contribution is 2.35. The lowest BCUT2D eigenvalue weighted by Crippen LogP contribution is -2.39. The fraction of sp³-hybridized carbons (Fsp3) is 0.733. The maximum absolute atomic E-state index is 4.13. The lowest BCUT2D eigenvalue weighted by atomic mass is 9.77. The zero-order valence-electron chi connectivity index (χ0n) is 11.8. The fourth-order valence-electron chi connectivity index (χ4n) is 2.41. The van der Waals surface area contributed by atoms with Crippen molar-refractivity contribution < 1.29 is 0 Å². The second-order valence-electron chi connectivity index (χ2n) is 5.67. The summed E-state index contributed by atoms with van der Waals surface area (Å²) in [6, 6.07) is 0. The van der Waals surface area contributed by atoms with Crippen LogP contribution in [0.3, 0.4) is 0 Å². The minimum absolute atomic E-state index is 0.493. The summed E-state index contributed by atoms with van der Waals surface area (Å²) >= 11 is 0. The van der Waals surface area contributed by atoms with Crippen molar-refractivity contribution in [1.29, 1.82) is 0 Å². The maximum Gasteiger partial charge on any atom is 0.0180 e. The van der Waals surface area contributed by atoms with Crippen LogP contribution in [0.2, 0.25) is 0 Å². The molecule has 1 fully saturated rings. The van der Waals surface area contributed by atoms with Crippen LogP contribution in [0.5, 0.6) is 0 Å². The van der Waals surface area contributed by atoms with Crippen LogP contribution < -0.4 is 5.32 Å². The van der Waals surface area contributed by atoms with Gasteiger partial charge in [-0.05, 0) is 38.0 Å². The monoisotopic (exact) mass is 236 g/mol. The largest absolute Gasteiger partial charge is 0.389 e. The van der Waals surface area contributed by atoms with Crippen molar-refractivity contribution in [3.8, 4) is 0 Å². The number of likely N-dealkylation sites (tertiary alicyclic amines) is 1. The molecule has 0 aliphatic carbocycles. The topological polar surface area (TPSA) is 15.3 Å². The molecule has 1 heterocycles. The number of nitrogens with zero attached hydrogens (tertiary/aromatic N) is 1. The first-order valence-corrected chi connectivity index (χ1v) is 6.79. The van der Waals surface area contributed by atoms with E-state index in [-0.39, 0.29) is 0 Å². The highest BCUT2D eigenvalue weighted by Gasteiger charge is 2.29. The zero-order chi connectivity index (χ0) is 12.9. The quantitative estimate of drug-likeness (QED) is 0.759. The van der Waals surface area contributed by atoms with Crippen molar-refractivity contribution in [1.82, 2.24) is 10.2 Å². The second-order valence-corrected chi connectivity index (χ2v) is 5.67. The summed E-state index contributed by atoms with van der Waals surface area (Å²) in [5, 5.41) is 3.34. The lowest BCUT2D eigenvalue weighted by molar-refractivity contribution is 0.133. The number of hydrogen-bond donors (Lipinski definition) is 1. The molecule has 1 N–H and O–H groups in total. The lowest BCUT2D eigenvalue weighted by Gasteiger charge is -2.41. The molecule has 98 valence electrons. The Bertz CT molecular complexity index is 273. The molecule has 0 unspecified atom stereocenters. The van der Waals surface area contributed by atoms with Crippen molar-refractivity contribution in [2.24, 2.45) is 5.41 Å². The van der Waals surface area contributed by atoms with E-state index in [1.54, 1.807) is 0 Å². The molecule has 0 bridgehead atoms. The Labute approximate surface area is 107 Å². The van der Waals surface area contributed by atoms with Crippen molar-refractivity contribution in [3.63, 3.8) is 0 Å². The highest BCUT2D eigenvalue weighted by atomic mass is 15.1. The molecular weight excluding hydrogens is 208 g/mol. The van der Waals surface area contributed by atoms with Crippen LogP contribution in [-0.4, -0.2) is 24.5 Å². The molecule has 17 heavy (non-hydrogen) atoms. The summed E-state index contributed by atoms with van der Waals surface area (Å²) < 4.78 is 0. The van der Waals surface area contributed by atoms with Gasteiger partial charge < -0.3 is 10.2 Å².